The van der Waals surface area contributed by atoms with E-state index in [9.17, 15) is 0 Å². The van der Waals surface area contributed by atoms with Crippen molar-refractivity contribution in [3.8, 4) is 0 Å². The van der Waals surface area contributed by atoms with Crippen LogP contribution in [0.5, 0.6) is 0 Å². The number of hydrogen-bond donors (Lipinski definition) is 0. The Bertz CT molecular complexity index is 7640. The predicted molar refractivity (Wildman–Crippen MR) is 541 cm³/mol. The summed E-state index contributed by atoms with van der Waals surface area (Å²) in [5.74, 6) is 0. The van der Waals surface area contributed by atoms with E-state index in [1.54, 1.807) is 0 Å². The van der Waals surface area contributed by atoms with E-state index in [0.29, 0.717) is 0 Å². The molecule has 15 nitrogen and oxygen atoms in total. The third-order valence-corrected chi connectivity index (χ3v) is 37.6. The molecule has 0 saturated carbocycles. The predicted octanol–water partition coefficient (Wildman–Crippen LogP) is 29.0. The zero-order valence-corrected chi connectivity index (χ0v) is 72.4. The molecule has 0 atom stereocenters. The van der Waals surface area contributed by atoms with Crippen LogP contribution < -0.4 is 0 Å². The number of nitrogens with zero attached hydrogens (tertiary/aromatic N) is 15. The molecular weight excluding hydrogens is 1600 g/mol. The van der Waals surface area contributed by atoms with Gasteiger partial charge in [0, 0.05) is 75.7 Å². The first-order chi connectivity index (χ1) is 61.8. The number of hydrogen-bond acceptors (Lipinski definition) is 15. The van der Waals surface area contributed by atoms with Crippen LogP contribution in [0.1, 0.15) is 33.4 Å². The van der Waals surface area contributed by atoms with Crippen LogP contribution in [0.3, 0.4) is 0 Å². The fraction of sp³-hybridized carbons (Fsp3) is 0.0556. The average Bonchev–Trinajstić information content (AvgIpc) is 0.700. The Morgan fingerprint density at radius 1 is 0.159 bits per heavy atom. The second kappa shape index (κ2) is 28.0. The van der Waals surface area contributed by atoms with E-state index >= 15 is 0 Å². The highest BCUT2D eigenvalue weighted by Gasteiger charge is 2.50. The molecule has 24 aromatic carbocycles. The smallest absolute Gasteiger partial charge is 0.228 e. The van der Waals surface area contributed by atoms with Crippen LogP contribution in [-0.2, 0) is 0 Å². The van der Waals surface area contributed by atoms with Crippen LogP contribution in [0, 0.1) is 0 Å². The van der Waals surface area contributed by atoms with Gasteiger partial charge in [-0.1, -0.05) is 328 Å². The molecular formula is C108H78N15P3. The summed E-state index contributed by atoms with van der Waals surface area (Å²) in [6.45, 7) is 0. The molecule has 0 spiro atoms. The van der Waals surface area contributed by atoms with Crippen molar-refractivity contribution in [1.29, 1.82) is 0 Å². The minimum atomic E-state index is -4.17. The zero-order chi connectivity index (χ0) is 84.0. The van der Waals surface area contributed by atoms with E-state index in [-0.39, 0.29) is 0 Å². The minimum Gasteiger partial charge on any atom is -0.228 e. The SMILES string of the molecule is CN(N=Cc1ccc2ccc3cccc4ccc1c2c34)P1(N(C)N=Cc2ccc3ccc4cccc5ccc2c3c45)=NP(N(C)N=Cc2ccc3ccc4cccc5ccc2c3c45)(N(C)N=Cc2ccc3ccc4cccc5ccc2c3c45)=NP(N(C)N=Cc2ccc3ccc4cccc5ccc2c3c45)(N(C)N=Cc2ccc3ccc4cccc5ccc2c3c45)=N1. The highest BCUT2D eigenvalue weighted by atomic mass is 31.3. The van der Waals surface area contributed by atoms with Gasteiger partial charge >= 0.3 is 22.5 Å². The lowest BCUT2D eigenvalue weighted by molar-refractivity contribution is 0.461. The highest BCUT2D eigenvalue weighted by molar-refractivity contribution is 7.82. The molecule has 0 radical (unpaired) electrons. The molecule has 1 heterocycles. The molecule has 0 unspecified atom stereocenters. The third-order valence-electron chi connectivity index (χ3n) is 26.6. The van der Waals surface area contributed by atoms with Gasteiger partial charge in [0.05, 0.1) is 37.3 Å². The summed E-state index contributed by atoms with van der Waals surface area (Å²) in [7, 11) is -0.552. The van der Waals surface area contributed by atoms with Gasteiger partial charge in [-0.2, -0.15) is 44.2 Å². The van der Waals surface area contributed by atoms with Crippen molar-refractivity contribution in [1.82, 2.24) is 28.7 Å². The Balaban J connectivity index is 0.783. The topological polar surface area (TPSA) is 131 Å². The molecule has 1 aliphatic rings. The molecule has 0 N–H and O–H groups in total. The van der Waals surface area contributed by atoms with Gasteiger partial charge in [0.1, 0.15) is 0 Å². The van der Waals surface area contributed by atoms with Crippen molar-refractivity contribution >= 4 is 254 Å². The number of rotatable bonds is 18. The van der Waals surface area contributed by atoms with E-state index in [2.05, 4.69) is 328 Å². The molecule has 24 aromatic rings. The largest absolute Gasteiger partial charge is 0.304 e. The molecule has 126 heavy (non-hydrogen) atoms. The molecule has 25 rings (SSSR count). The highest BCUT2D eigenvalue weighted by Crippen LogP contribution is 2.83. The lowest BCUT2D eigenvalue weighted by atomic mass is 9.92. The van der Waals surface area contributed by atoms with Crippen molar-refractivity contribution in [2.24, 2.45) is 44.2 Å². The Kier molecular flexibility index (Phi) is 16.4. The molecule has 0 aromatic heterocycles. The summed E-state index contributed by atoms with van der Waals surface area (Å²) in [4.78, 5) is 0. The lowest BCUT2D eigenvalue weighted by Crippen LogP contribution is -2.29. The van der Waals surface area contributed by atoms with E-state index in [0.717, 1.165) is 98.0 Å². The minimum absolute atomic E-state index is 0.907. The quantitative estimate of drug-likeness (QED) is 0.0364. The van der Waals surface area contributed by atoms with E-state index in [1.165, 1.54) is 129 Å². The first-order valence-electron chi connectivity index (χ1n) is 42.4. The van der Waals surface area contributed by atoms with Gasteiger partial charge < -0.3 is 0 Å². The molecule has 0 amide bonds. The van der Waals surface area contributed by atoms with Crippen LogP contribution in [0.4, 0.5) is 0 Å². The van der Waals surface area contributed by atoms with Gasteiger partial charge in [0.15, 0.2) is 0 Å². The molecule has 0 saturated heterocycles. The number of benzene rings is 24. The molecule has 0 bridgehead atoms. The average molecular weight is 1680 g/mol. The monoisotopic (exact) mass is 1680 g/mol. The Morgan fingerprint density at radius 2 is 0.278 bits per heavy atom. The van der Waals surface area contributed by atoms with Crippen molar-refractivity contribution < 1.29 is 0 Å². The van der Waals surface area contributed by atoms with Crippen LogP contribution in [-0.4, -0.2) is 108 Å². The van der Waals surface area contributed by atoms with Crippen molar-refractivity contribution in [2.45, 2.75) is 0 Å². The van der Waals surface area contributed by atoms with Crippen LogP contribution >= 0.6 is 22.5 Å². The molecule has 18 heteroatoms. The van der Waals surface area contributed by atoms with Gasteiger partial charge in [-0.25, -0.2) is 28.7 Å². The van der Waals surface area contributed by atoms with Gasteiger partial charge in [0.25, 0.3) is 0 Å². The summed E-state index contributed by atoms with van der Waals surface area (Å²) in [6.07, 6.45) is 11.8. The number of hydrazone groups is 6. The third kappa shape index (κ3) is 11.1. The second-order valence-electron chi connectivity index (χ2n) is 33.3. The molecule has 1 aliphatic heterocycles. The summed E-state index contributed by atoms with van der Waals surface area (Å²) >= 11 is 0. The molecule has 0 fully saturated rings. The second-order valence-corrected chi connectivity index (χ2v) is 42.2. The van der Waals surface area contributed by atoms with Gasteiger partial charge in [-0.15, -0.1) is 0 Å². The molecule has 0 aliphatic carbocycles. The van der Waals surface area contributed by atoms with Crippen molar-refractivity contribution in [2.75, 3.05) is 42.3 Å². The normalized spacial score (nSPS) is 16.9. The Hall–Kier alpha value is -15.0. The maximum absolute atomic E-state index is 6.59. The Morgan fingerprint density at radius 3 is 0.421 bits per heavy atom. The summed E-state index contributed by atoms with van der Waals surface area (Å²) in [5.41, 5.74) is 5.44. The Labute approximate surface area is 724 Å². The van der Waals surface area contributed by atoms with Gasteiger partial charge in [-0.3, -0.25) is 0 Å². The fourth-order valence-electron chi connectivity index (χ4n) is 20.3. The standard InChI is InChI=1S/C108H78N15P3/c1-118(109-61-85-43-37-79-31-25-67-13-7-19-73-49-55-91(85)103(79)97(67)73)124(119(2)110-62-86-44-38-80-32-26-68-14-8-20-74-50-56-92(86)104(80)98(68)74)115-125(120(3)111-63-87-45-39-81-33-27-69-15-9-21-75-51-57-93(87)105(81)99(69)75,121(4)112-64-88-46-40-82-34-28-70-16-10-22-76-52-58-94(88)106(82)100(70)76)117-126(116-124,122(5)113-65-89-47-41-83-35-29-71-17-11-23-77-53-59-95(89)107(83)101(71)77)123(6)114-66-90-48-42-84-36-30-72-18-12-24-78-54-60-96(90)108(84)102(72)78/h7-66H,1-6H3. The van der Waals surface area contributed by atoms with E-state index in [1.807, 2.05) is 108 Å². The van der Waals surface area contributed by atoms with Gasteiger partial charge in [0.2, 0.25) is 0 Å². The lowest BCUT2D eigenvalue weighted by Gasteiger charge is -2.46. The summed E-state index contributed by atoms with van der Waals surface area (Å²) in [6, 6.07) is 119. The fourth-order valence-corrected chi connectivity index (χ4v) is 33.4. The maximum Gasteiger partial charge on any atom is 0.304 e. The van der Waals surface area contributed by atoms with E-state index < -0.39 is 22.5 Å². The van der Waals surface area contributed by atoms with Crippen LogP contribution in [0.2, 0.25) is 0 Å². The van der Waals surface area contributed by atoms with E-state index in [4.69, 9.17) is 44.2 Å². The maximum atomic E-state index is 6.59. The van der Waals surface area contributed by atoms with Crippen LogP contribution in [0.25, 0.3) is 194 Å². The zero-order valence-electron chi connectivity index (χ0n) is 69.7. The summed E-state index contributed by atoms with van der Waals surface area (Å²) < 4.78 is 31.5. The first kappa shape index (κ1) is 73.7. The first-order valence-corrected chi connectivity index (χ1v) is 47.2. The molecule has 600 valence electrons. The summed E-state index contributed by atoms with van der Waals surface area (Å²) in [5, 5.41) is 76.3. The van der Waals surface area contributed by atoms with Gasteiger partial charge in [-0.05, 0) is 194 Å². The van der Waals surface area contributed by atoms with Crippen molar-refractivity contribution in [3.05, 3.63) is 361 Å². The van der Waals surface area contributed by atoms with Crippen molar-refractivity contribution in [3.63, 3.8) is 0 Å². The van der Waals surface area contributed by atoms with Crippen LogP contribution in [0.15, 0.2) is 372 Å².